The number of carboxylic acid groups (broad SMARTS) is 1. The molecule has 206 valence electrons. The predicted molar refractivity (Wildman–Crippen MR) is 137 cm³/mol. The second-order valence-corrected chi connectivity index (χ2v) is 8.59. The molecule has 3 aromatic rings. The van der Waals surface area contributed by atoms with Crippen molar-refractivity contribution in [1.29, 1.82) is 0 Å². The Hall–Kier alpha value is -4.66. The molecule has 3 rings (SSSR count). The number of aromatic carboxylic acids is 1. The van der Waals surface area contributed by atoms with E-state index in [4.69, 9.17) is 20.3 Å². The SMILES string of the molecule is Cl.Cn1cc(N)nc1C(=O)OCc1ccc([N+](=O)[O-])cc1.Cn1cc(NC(=O)OC(C)(C)C)nc1C(=O)O. The third-order valence-electron chi connectivity index (χ3n) is 4.29. The molecule has 2 heterocycles. The number of imidazole rings is 2. The summed E-state index contributed by atoms with van der Waals surface area (Å²) in [5, 5.41) is 21.6. The maximum Gasteiger partial charge on any atom is 0.413 e. The number of rotatable bonds is 6. The van der Waals surface area contributed by atoms with Crippen LogP contribution in [0.4, 0.5) is 22.1 Å². The van der Waals surface area contributed by atoms with Gasteiger partial charge in [0.2, 0.25) is 11.6 Å². The van der Waals surface area contributed by atoms with Gasteiger partial charge in [0, 0.05) is 38.6 Å². The van der Waals surface area contributed by atoms with E-state index in [1.54, 1.807) is 27.8 Å². The molecule has 16 heteroatoms. The number of carbonyl (C=O) groups is 3. The van der Waals surface area contributed by atoms with Crippen LogP contribution in [0.15, 0.2) is 36.7 Å². The number of amides is 1. The third kappa shape index (κ3) is 9.42. The van der Waals surface area contributed by atoms with Crippen LogP contribution in [0.25, 0.3) is 0 Å². The number of carbonyl (C=O) groups excluding carboxylic acids is 2. The number of nitrogen functional groups attached to an aromatic ring is 1. The summed E-state index contributed by atoms with van der Waals surface area (Å²) in [7, 11) is 3.16. The highest BCUT2D eigenvalue weighted by Crippen LogP contribution is 2.14. The van der Waals surface area contributed by atoms with Gasteiger partial charge >= 0.3 is 18.0 Å². The summed E-state index contributed by atoms with van der Waals surface area (Å²) >= 11 is 0. The topological polar surface area (TPSA) is 207 Å². The van der Waals surface area contributed by atoms with Crippen LogP contribution in [0.5, 0.6) is 0 Å². The molecule has 0 aliphatic rings. The van der Waals surface area contributed by atoms with Crippen molar-refractivity contribution in [2.45, 2.75) is 33.0 Å². The number of nitrogens with two attached hydrogens (primary N) is 1. The molecule has 0 spiro atoms. The summed E-state index contributed by atoms with van der Waals surface area (Å²) in [6.45, 7) is 5.19. The van der Waals surface area contributed by atoms with E-state index in [-0.39, 0.29) is 48.0 Å². The molecule has 0 saturated carbocycles. The highest BCUT2D eigenvalue weighted by atomic mass is 35.5. The van der Waals surface area contributed by atoms with Crippen molar-refractivity contribution in [1.82, 2.24) is 19.1 Å². The number of esters is 1. The standard InChI is InChI=1S/C12H12N4O4.C10H15N3O4.ClH/c1-15-6-10(13)14-11(15)12(17)20-7-8-2-4-9(5-3-8)16(18)19;1-10(2,3)17-9(16)12-6-5-13(4)7(11-6)8(14)15;/h2-6H,7,13H2,1H3;5H,1-4H3,(H,12,16)(H,14,15);1H. The van der Waals surface area contributed by atoms with E-state index in [0.717, 1.165) is 0 Å². The Labute approximate surface area is 223 Å². The maximum atomic E-state index is 11.8. The molecule has 0 fully saturated rings. The lowest BCUT2D eigenvalue weighted by Crippen LogP contribution is -2.27. The number of nitrogens with one attached hydrogen (secondary N) is 1. The van der Waals surface area contributed by atoms with Gasteiger partial charge < -0.3 is 29.4 Å². The molecule has 0 atom stereocenters. The van der Waals surface area contributed by atoms with Crippen LogP contribution in [0, 0.1) is 10.1 Å². The van der Waals surface area contributed by atoms with Crippen LogP contribution in [-0.2, 0) is 30.2 Å². The third-order valence-corrected chi connectivity index (χ3v) is 4.29. The molecule has 1 aromatic carbocycles. The van der Waals surface area contributed by atoms with Gasteiger partial charge in [-0.05, 0) is 38.5 Å². The zero-order valence-corrected chi connectivity index (χ0v) is 22.0. The van der Waals surface area contributed by atoms with Gasteiger partial charge in [0.15, 0.2) is 5.82 Å². The Bertz CT molecular complexity index is 1300. The van der Waals surface area contributed by atoms with Crippen LogP contribution in [0.3, 0.4) is 0 Å². The van der Waals surface area contributed by atoms with E-state index in [1.807, 2.05) is 0 Å². The number of hydrogen-bond donors (Lipinski definition) is 3. The average Bonchev–Trinajstić information content (AvgIpc) is 3.32. The fourth-order valence-electron chi connectivity index (χ4n) is 2.74. The number of benzene rings is 1. The molecular formula is C22H28ClN7O8. The van der Waals surface area contributed by atoms with Crippen molar-refractivity contribution in [2.75, 3.05) is 11.1 Å². The van der Waals surface area contributed by atoms with E-state index in [2.05, 4.69) is 15.3 Å². The Morgan fingerprint density at radius 2 is 1.66 bits per heavy atom. The Morgan fingerprint density at radius 1 is 1.08 bits per heavy atom. The highest BCUT2D eigenvalue weighted by Gasteiger charge is 2.19. The first-order valence-corrected chi connectivity index (χ1v) is 10.6. The minimum Gasteiger partial charge on any atom is -0.475 e. The molecule has 0 bridgehead atoms. The molecule has 4 N–H and O–H groups in total. The molecule has 0 aliphatic carbocycles. The lowest BCUT2D eigenvalue weighted by molar-refractivity contribution is -0.384. The number of nitro benzene ring substituents is 1. The second-order valence-electron chi connectivity index (χ2n) is 8.59. The number of nitrogens with zero attached hydrogens (tertiary/aromatic N) is 5. The van der Waals surface area contributed by atoms with Crippen molar-refractivity contribution in [2.24, 2.45) is 14.1 Å². The van der Waals surface area contributed by atoms with Gasteiger partial charge in [-0.2, -0.15) is 0 Å². The van der Waals surface area contributed by atoms with Gasteiger partial charge in [-0.15, -0.1) is 12.4 Å². The van der Waals surface area contributed by atoms with Crippen LogP contribution in [0.1, 0.15) is 47.6 Å². The van der Waals surface area contributed by atoms with Gasteiger partial charge in [-0.1, -0.05) is 0 Å². The smallest absolute Gasteiger partial charge is 0.413 e. The molecule has 15 nitrogen and oxygen atoms in total. The van der Waals surface area contributed by atoms with Gasteiger partial charge in [0.1, 0.15) is 18.0 Å². The first kappa shape index (κ1) is 31.4. The summed E-state index contributed by atoms with van der Waals surface area (Å²) in [6.07, 6.45) is 2.23. The van der Waals surface area contributed by atoms with Crippen molar-refractivity contribution in [3.05, 3.63) is 64.0 Å². The summed E-state index contributed by atoms with van der Waals surface area (Å²) in [6, 6.07) is 5.75. The monoisotopic (exact) mass is 553 g/mol. The number of ether oxygens (including phenoxy) is 2. The summed E-state index contributed by atoms with van der Waals surface area (Å²) in [4.78, 5) is 51.4. The number of halogens is 1. The lowest BCUT2D eigenvalue weighted by atomic mass is 10.2. The fourth-order valence-corrected chi connectivity index (χ4v) is 2.74. The largest absolute Gasteiger partial charge is 0.475 e. The van der Waals surface area contributed by atoms with Crippen LogP contribution >= 0.6 is 12.4 Å². The van der Waals surface area contributed by atoms with Crippen LogP contribution < -0.4 is 11.1 Å². The number of aryl methyl sites for hydroxylation is 2. The van der Waals surface area contributed by atoms with Crippen molar-refractivity contribution in [3.63, 3.8) is 0 Å². The molecular weight excluding hydrogens is 526 g/mol. The van der Waals surface area contributed by atoms with Crippen LogP contribution in [-0.4, -0.2) is 52.8 Å². The molecule has 38 heavy (non-hydrogen) atoms. The van der Waals surface area contributed by atoms with E-state index in [1.165, 1.54) is 52.8 Å². The molecule has 0 radical (unpaired) electrons. The first-order chi connectivity index (χ1) is 17.2. The summed E-state index contributed by atoms with van der Waals surface area (Å²) in [5.41, 5.74) is 5.48. The number of carboxylic acids is 1. The predicted octanol–water partition coefficient (Wildman–Crippen LogP) is 3.15. The van der Waals surface area contributed by atoms with Crippen LogP contribution in [0.2, 0.25) is 0 Å². The summed E-state index contributed by atoms with van der Waals surface area (Å²) in [5.74, 6) is -1.46. The Morgan fingerprint density at radius 3 is 2.11 bits per heavy atom. The molecule has 0 saturated heterocycles. The van der Waals surface area contributed by atoms with Crippen molar-refractivity contribution >= 4 is 47.8 Å². The summed E-state index contributed by atoms with van der Waals surface area (Å²) < 4.78 is 12.8. The van der Waals surface area contributed by atoms with E-state index in [0.29, 0.717) is 5.56 Å². The Kier molecular flexibility index (Phi) is 10.8. The number of non-ortho nitro benzene ring substituents is 1. The second kappa shape index (κ2) is 13.0. The minimum atomic E-state index is -1.16. The molecule has 0 aliphatic heterocycles. The zero-order valence-electron chi connectivity index (χ0n) is 21.2. The molecule has 2 aromatic heterocycles. The number of aromatic nitrogens is 4. The van der Waals surface area contributed by atoms with Crippen molar-refractivity contribution < 1.29 is 33.9 Å². The van der Waals surface area contributed by atoms with Gasteiger partial charge in [0.25, 0.3) is 5.69 Å². The highest BCUT2D eigenvalue weighted by molar-refractivity contribution is 5.87. The minimum absolute atomic E-state index is 0. The zero-order chi connectivity index (χ0) is 27.9. The first-order valence-electron chi connectivity index (χ1n) is 10.6. The number of hydrogen-bond acceptors (Lipinski definition) is 10. The maximum absolute atomic E-state index is 11.8. The normalized spacial score (nSPS) is 10.3. The fraction of sp³-hybridized carbons (Fsp3) is 0.318. The average molecular weight is 554 g/mol. The van der Waals surface area contributed by atoms with E-state index < -0.39 is 28.6 Å². The molecule has 0 unspecified atom stereocenters. The Balaban J connectivity index is 0.000000375. The lowest BCUT2D eigenvalue weighted by Gasteiger charge is -2.18. The number of nitro groups is 1. The van der Waals surface area contributed by atoms with Gasteiger partial charge in [-0.3, -0.25) is 15.4 Å². The van der Waals surface area contributed by atoms with E-state index in [9.17, 15) is 24.5 Å². The molecule has 1 amide bonds. The van der Waals surface area contributed by atoms with Crippen molar-refractivity contribution in [3.8, 4) is 0 Å². The quantitative estimate of drug-likeness (QED) is 0.229. The van der Waals surface area contributed by atoms with E-state index >= 15 is 0 Å². The number of anilines is 2. The van der Waals surface area contributed by atoms with Gasteiger partial charge in [0.05, 0.1) is 4.92 Å². The van der Waals surface area contributed by atoms with Gasteiger partial charge in [-0.25, -0.2) is 24.4 Å².